The topological polar surface area (TPSA) is 0 Å². The molecule has 0 aromatic carbocycles. The van der Waals surface area contributed by atoms with E-state index in [2.05, 4.69) is 52.5 Å². The third kappa shape index (κ3) is 10.1. The van der Waals surface area contributed by atoms with Gasteiger partial charge in [-0.15, -0.1) is 6.58 Å². The van der Waals surface area contributed by atoms with E-state index in [4.69, 9.17) is 0 Å². The summed E-state index contributed by atoms with van der Waals surface area (Å²) >= 11 is 0. The summed E-state index contributed by atoms with van der Waals surface area (Å²) in [4.78, 5) is 0. The van der Waals surface area contributed by atoms with Crippen molar-refractivity contribution in [1.82, 2.24) is 0 Å². The monoisotopic (exact) mass is 234 g/mol. The van der Waals surface area contributed by atoms with E-state index in [9.17, 15) is 0 Å². The van der Waals surface area contributed by atoms with Gasteiger partial charge in [0.15, 0.2) is 0 Å². The maximum absolute atomic E-state index is 3.83. The molecular weight excluding hydrogens is 204 g/mol. The molecule has 0 saturated heterocycles. The van der Waals surface area contributed by atoms with Crippen LogP contribution >= 0.6 is 0 Å². The van der Waals surface area contributed by atoms with E-state index in [-0.39, 0.29) is 0 Å². The first-order chi connectivity index (χ1) is 8.10. The van der Waals surface area contributed by atoms with Crippen molar-refractivity contribution in [3.63, 3.8) is 0 Å². The minimum Gasteiger partial charge on any atom is -0.103 e. The molecule has 98 valence electrons. The lowest BCUT2D eigenvalue weighted by atomic mass is 9.96. The number of allylic oxidation sites excluding steroid dienone is 5. The summed E-state index contributed by atoms with van der Waals surface area (Å²) in [6.07, 6.45) is 14.2. The highest BCUT2D eigenvalue weighted by molar-refractivity contribution is 5.02. The number of hydrogen-bond acceptors (Lipinski definition) is 0. The second kappa shape index (κ2) is 10.4. The molecule has 0 aromatic heterocycles. The predicted octanol–water partition coefficient (Wildman–Crippen LogP) is 6.06. The van der Waals surface area contributed by atoms with Gasteiger partial charge in [-0.1, -0.05) is 42.7 Å². The van der Waals surface area contributed by atoms with Crippen LogP contribution in [0.15, 0.2) is 36.0 Å². The molecule has 0 aromatic rings. The molecule has 17 heavy (non-hydrogen) atoms. The largest absolute Gasteiger partial charge is 0.103 e. The fraction of sp³-hybridized carbons (Fsp3) is 0.647. The lowest BCUT2D eigenvalue weighted by molar-refractivity contribution is 0.480. The van der Waals surface area contributed by atoms with Gasteiger partial charge in [0.05, 0.1) is 0 Å². The van der Waals surface area contributed by atoms with Crippen molar-refractivity contribution in [2.24, 2.45) is 5.92 Å². The van der Waals surface area contributed by atoms with Crippen molar-refractivity contribution in [3.8, 4) is 0 Å². The van der Waals surface area contributed by atoms with Crippen molar-refractivity contribution < 1.29 is 0 Å². The Bertz CT molecular complexity index is 251. The van der Waals surface area contributed by atoms with Crippen molar-refractivity contribution in [1.29, 1.82) is 0 Å². The zero-order valence-electron chi connectivity index (χ0n) is 12.3. The molecule has 0 amide bonds. The third-order valence-corrected chi connectivity index (χ3v) is 3.24. The van der Waals surface area contributed by atoms with Crippen LogP contribution in [-0.4, -0.2) is 0 Å². The zero-order chi connectivity index (χ0) is 13.1. The van der Waals surface area contributed by atoms with Crippen molar-refractivity contribution in [2.45, 2.75) is 66.2 Å². The Labute approximate surface area is 109 Å². The molecule has 0 spiro atoms. The van der Waals surface area contributed by atoms with Gasteiger partial charge in [0.25, 0.3) is 0 Å². The Morgan fingerprint density at radius 2 is 1.82 bits per heavy atom. The highest BCUT2D eigenvalue weighted by Gasteiger charge is 2.02. The molecule has 1 atom stereocenters. The molecule has 0 aliphatic carbocycles. The van der Waals surface area contributed by atoms with Gasteiger partial charge < -0.3 is 0 Å². The summed E-state index contributed by atoms with van der Waals surface area (Å²) in [5.41, 5.74) is 2.96. The molecule has 0 rings (SSSR count). The summed E-state index contributed by atoms with van der Waals surface area (Å²) in [7, 11) is 0. The van der Waals surface area contributed by atoms with Gasteiger partial charge >= 0.3 is 0 Å². The first-order valence-corrected chi connectivity index (χ1v) is 7.00. The van der Waals surface area contributed by atoms with E-state index in [1.807, 2.05) is 0 Å². The summed E-state index contributed by atoms with van der Waals surface area (Å²) in [6.45, 7) is 12.7. The van der Waals surface area contributed by atoms with Crippen LogP contribution in [0, 0.1) is 5.92 Å². The molecule has 0 aliphatic rings. The average Bonchev–Trinajstić information content (AvgIpc) is 2.27. The van der Waals surface area contributed by atoms with Gasteiger partial charge in [0.1, 0.15) is 0 Å². The van der Waals surface area contributed by atoms with E-state index >= 15 is 0 Å². The second-order valence-electron chi connectivity index (χ2n) is 5.25. The van der Waals surface area contributed by atoms with Crippen LogP contribution in [0.4, 0.5) is 0 Å². The van der Waals surface area contributed by atoms with Gasteiger partial charge in [-0.2, -0.15) is 0 Å². The van der Waals surface area contributed by atoms with Gasteiger partial charge in [-0.3, -0.25) is 0 Å². The fourth-order valence-corrected chi connectivity index (χ4v) is 1.98. The van der Waals surface area contributed by atoms with Crippen LogP contribution in [0.5, 0.6) is 0 Å². The molecular formula is C17H30. The summed E-state index contributed by atoms with van der Waals surface area (Å²) in [5.74, 6) is 0.828. The molecule has 0 fully saturated rings. The Balaban J connectivity index is 3.82. The van der Waals surface area contributed by atoms with Crippen LogP contribution in [0.2, 0.25) is 0 Å². The van der Waals surface area contributed by atoms with Gasteiger partial charge in [0.2, 0.25) is 0 Å². The Morgan fingerprint density at radius 1 is 1.12 bits per heavy atom. The van der Waals surface area contributed by atoms with Crippen molar-refractivity contribution in [2.75, 3.05) is 0 Å². The van der Waals surface area contributed by atoms with Crippen LogP contribution in [0.1, 0.15) is 66.2 Å². The molecule has 0 N–H and O–H groups in total. The SMILES string of the molecule is C=CCC(CC)CC/C=C(/C)CCC=C(C)C. The summed E-state index contributed by atoms with van der Waals surface area (Å²) in [5, 5.41) is 0. The van der Waals surface area contributed by atoms with Crippen LogP contribution in [-0.2, 0) is 0 Å². The normalized spacial score (nSPS) is 13.3. The minimum atomic E-state index is 0.828. The molecule has 0 nitrogen and oxygen atoms in total. The third-order valence-electron chi connectivity index (χ3n) is 3.24. The van der Waals surface area contributed by atoms with E-state index in [1.165, 1.54) is 49.7 Å². The molecule has 0 heterocycles. The quantitative estimate of drug-likeness (QED) is 0.425. The fourth-order valence-electron chi connectivity index (χ4n) is 1.98. The molecule has 0 bridgehead atoms. The van der Waals surface area contributed by atoms with Gasteiger partial charge in [-0.05, 0) is 58.8 Å². The number of rotatable bonds is 9. The molecule has 0 aliphatic heterocycles. The molecule has 0 saturated carbocycles. The van der Waals surface area contributed by atoms with Crippen LogP contribution in [0.25, 0.3) is 0 Å². The van der Waals surface area contributed by atoms with E-state index in [1.54, 1.807) is 0 Å². The highest BCUT2D eigenvalue weighted by Crippen LogP contribution is 2.17. The van der Waals surface area contributed by atoms with E-state index in [0.717, 1.165) is 5.92 Å². The van der Waals surface area contributed by atoms with Crippen LogP contribution in [0.3, 0.4) is 0 Å². The average molecular weight is 234 g/mol. The smallest absolute Gasteiger partial charge is 0.0288 e. The highest BCUT2D eigenvalue weighted by atomic mass is 14.1. The Kier molecular flexibility index (Phi) is 9.90. The lowest BCUT2D eigenvalue weighted by Gasteiger charge is -2.10. The molecule has 0 heteroatoms. The first kappa shape index (κ1) is 16.2. The second-order valence-corrected chi connectivity index (χ2v) is 5.25. The minimum absolute atomic E-state index is 0.828. The summed E-state index contributed by atoms with van der Waals surface area (Å²) < 4.78 is 0. The van der Waals surface area contributed by atoms with Gasteiger partial charge in [0, 0.05) is 0 Å². The van der Waals surface area contributed by atoms with E-state index < -0.39 is 0 Å². The summed E-state index contributed by atoms with van der Waals surface area (Å²) in [6, 6.07) is 0. The maximum atomic E-state index is 3.83. The molecule has 0 radical (unpaired) electrons. The van der Waals surface area contributed by atoms with Gasteiger partial charge in [-0.25, -0.2) is 0 Å². The molecule has 1 unspecified atom stereocenters. The van der Waals surface area contributed by atoms with Crippen molar-refractivity contribution >= 4 is 0 Å². The van der Waals surface area contributed by atoms with Crippen LogP contribution < -0.4 is 0 Å². The van der Waals surface area contributed by atoms with Crippen molar-refractivity contribution in [3.05, 3.63) is 36.0 Å². The first-order valence-electron chi connectivity index (χ1n) is 7.00. The number of hydrogen-bond donors (Lipinski definition) is 0. The maximum Gasteiger partial charge on any atom is -0.0288 e. The predicted molar refractivity (Wildman–Crippen MR) is 80.3 cm³/mol. The Morgan fingerprint density at radius 3 is 2.35 bits per heavy atom. The lowest BCUT2D eigenvalue weighted by Crippen LogP contribution is -1.96. The standard InChI is InChI=1S/C17H30/c1-6-10-17(7-2)14-9-13-16(5)12-8-11-15(3)4/h6,11,13,17H,1,7-10,12,14H2,2-5H3/b16-13-. The Hall–Kier alpha value is -0.780. The van der Waals surface area contributed by atoms with E-state index in [0.29, 0.717) is 0 Å². The zero-order valence-corrected chi connectivity index (χ0v) is 12.3.